The van der Waals surface area contributed by atoms with E-state index < -0.39 is 9.84 Å². The van der Waals surface area contributed by atoms with Gasteiger partial charge in [-0.2, -0.15) is 9.97 Å². The minimum atomic E-state index is -3.19. The Morgan fingerprint density at radius 3 is 2.26 bits per heavy atom. The minimum absolute atomic E-state index is 0.0736. The fraction of sp³-hybridized carbons (Fsp3) is 0.250. The molecule has 0 saturated carbocycles. The van der Waals surface area contributed by atoms with Crippen LogP contribution in [0.5, 0.6) is 0 Å². The van der Waals surface area contributed by atoms with Crippen molar-refractivity contribution in [2.75, 3.05) is 11.5 Å². The van der Waals surface area contributed by atoms with E-state index in [1.807, 2.05) is 0 Å². The summed E-state index contributed by atoms with van der Waals surface area (Å²) in [6.07, 6.45) is 0. The van der Waals surface area contributed by atoms with Crippen LogP contribution >= 0.6 is 0 Å². The Morgan fingerprint density at radius 2 is 1.74 bits per heavy atom. The van der Waals surface area contributed by atoms with E-state index in [2.05, 4.69) is 15.0 Å². The molecule has 1 aromatic carbocycles. The van der Waals surface area contributed by atoms with Crippen molar-refractivity contribution in [3.8, 4) is 11.4 Å². The standard InChI is InChI=1S/C12H14N4O2S/c1-3-19(17,18)10-6-4-9(5-7-10)11-14-8(2)15-12(13)16-11/h4-7H,3H2,1-2H3,(H2,13,14,15,16). The number of aromatic nitrogens is 3. The van der Waals surface area contributed by atoms with Crippen molar-refractivity contribution in [3.63, 3.8) is 0 Å². The number of hydrogen-bond donors (Lipinski definition) is 1. The number of rotatable bonds is 3. The first-order valence-corrected chi connectivity index (χ1v) is 7.39. The summed E-state index contributed by atoms with van der Waals surface area (Å²) in [5.74, 6) is 1.18. The van der Waals surface area contributed by atoms with Crippen molar-refractivity contribution in [3.05, 3.63) is 30.1 Å². The predicted octanol–water partition coefficient (Wildman–Crippen LogP) is 1.22. The fourth-order valence-corrected chi connectivity index (χ4v) is 2.49. The third-order valence-electron chi connectivity index (χ3n) is 2.62. The van der Waals surface area contributed by atoms with Gasteiger partial charge in [0.05, 0.1) is 10.6 Å². The Bertz CT molecular complexity index is 676. The van der Waals surface area contributed by atoms with Gasteiger partial charge in [0.1, 0.15) is 5.82 Å². The smallest absolute Gasteiger partial charge is 0.223 e. The lowest BCUT2D eigenvalue weighted by Crippen LogP contribution is -2.04. The van der Waals surface area contributed by atoms with Gasteiger partial charge >= 0.3 is 0 Å². The third-order valence-corrected chi connectivity index (χ3v) is 4.37. The van der Waals surface area contributed by atoms with Crippen molar-refractivity contribution in [2.45, 2.75) is 18.7 Å². The van der Waals surface area contributed by atoms with E-state index in [0.717, 1.165) is 0 Å². The van der Waals surface area contributed by atoms with E-state index in [1.165, 1.54) is 0 Å². The van der Waals surface area contributed by atoms with Crippen LogP contribution in [0.25, 0.3) is 11.4 Å². The molecule has 2 rings (SSSR count). The minimum Gasteiger partial charge on any atom is -0.368 e. The van der Waals surface area contributed by atoms with Gasteiger partial charge in [0, 0.05) is 5.56 Å². The van der Waals surface area contributed by atoms with Crippen molar-refractivity contribution in [1.82, 2.24) is 15.0 Å². The Kier molecular flexibility index (Phi) is 3.48. The molecular weight excluding hydrogens is 264 g/mol. The zero-order valence-electron chi connectivity index (χ0n) is 10.7. The molecule has 7 heteroatoms. The molecular formula is C12H14N4O2S. The normalized spacial score (nSPS) is 11.5. The lowest BCUT2D eigenvalue weighted by Gasteiger charge is -2.04. The average Bonchev–Trinajstić information content (AvgIpc) is 2.38. The predicted molar refractivity (Wildman–Crippen MR) is 72.1 cm³/mol. The van der Waals surface area contributed by atoms with Gasteiger partial charge in [-0.05, 0) is 31.2 Å². The lowest BCUT2D eigenvalue weighted by molar-refractivity contribution is 0.597. The van der Waals surface area contributed by atoms with Crippen molar-refractivity contribution < 1.29 is 8.42 Å². The highest BCUT2D eigenvalue weighted by Crippen LogP contribution is 2.19. The van der Waals surface area contributed by atoms with Crippen LogP contribution in [0.3, 0.4) is 0 Å². The van der Waals surface area contributed by atoms with E-state index in [9.17, 15) is 8.42 Å². The van der Waals surface area contributed by atoms with E-state index in [1.54, 1.807) is 38.1 Å². The molecule has 0 radical (unpaired) electrons. The Hall–Kier alpha value is -2.02. The van der Waals surface area contributed by atoms with Gasteiger partial charge in [-0.15, -0.1) is 0 Å². The van der Waals surface area contributed by atoms with Crippen molar-refractivity contribution >= 4 is 15.8 Å². The maximum absolute atomic E-state index is 11.7. The van der Waals surface area contributed by atoms with Crippen LogP contribution in [0, 0.1) is 6.92 Å². The van der Waals surface area contributed by atoms with Crippen molar-refractivity contribution in [1.29, 1.82) is 0 Å². The summed E-state index contributed by atoms with van der Waals surface area (Å²) in [6, 6.07) is 6.42. The third kappa shape index (κ3) is 2.87. The first kappa shape index (κ1) is 13.4. The molecule has 100 valence electrons. The van der Waals surface area contributed by atoms with Crippen molar-refractivity contribution in [2.24, 2.45) is 0 Å². The summed E-state index contributed by atoms with van der Waals surface area (Å²) in [5, 5.41) is 0. The molecule has 2 N–H and O–H groups in total. The summed E-state index contributed by atoms with van der Waals surface area (Å²) in [5.41, 5.74) is 6.26. The summed E-state index contributed by atoms with van der Waals surface area (Å²) in [7, 11) is -3.19. The molecule has 0 aliphatic carbocycles. The molecule has 19 heavy (non-hydrogen) atoms. The van der Waals surface area contributed by atoms with E-state index in [0.29, 0.717) is 17.2 Å². The van der Waals surface area contributed by atoms with Crippen LogP contribution < -0.4 is 5.73 Å². The molecule has 0 saturated heterocycles. The second-order valence-electron chi connectivity index (χ2n) is 3.99. The number of hydrogen-bond acceptors (Lipinski definition) is 6. The first-order valence-electron chi connectivity index (χ1n) is 5.73. The second kappa shape index (κ2) is 4.93. The molecule has 0 spiro atoms. The molecule has 0 aliphatic rings. The number of aryl methyl sites for hydroxylation is 1. The zero-order chi connectivity index (χ0) is 14.0. The van der Waals surface area contributed by atoms with Crippen LogP contribution in [0.1, 0.15) is 12.7 Å². The van der Waals surface area contributed by atoms with Crippen LogP contribution in [0.2, 0.25) is 0 Å². The van der Waals surface area contributed by atoms with Gasteiger partial charge in [-0.1, -0.05) is 6.92 Å². The number of anilines is 1. The molecule has 6 nitrogen and oxygen atoms in total. The van der Waals surface area contributed by atoms with Gasteiger partial charge in [0.2, 0.25) is 5.95 Å². The highest BCUT2D eigenvalue weighted by molar-refractivity contribution is 7.91. The highest BCUT2D eigenvalue weighted by atomic mass is 32.2. The monoisotopic (exact) mass is 278 g/mol. The molecule has 0 aliphatic heterocycles. The molecule has 0 fully saturated rings. The van der Waals surface area contributed by atoms with Gasteiger partial charge in [0.15, 0.2) is 15.7 Å². The quantitative estimate of drug-likeness (QED) is 0.906. The average molecular weight is 278 g/mol. The van der Waals surface area contributed by atoms with Crippen LogP contribution in [-0.2, 0) is 9.84 Å². The second-order valence-corrected chi connectivity index (χ2v) is 6.27. The summed E-state index contributed by atoms with van der Waals surface area (Å²) < 4.78 is 23.4. The molecule has 0 atom stereocenters. The highest BCUT2D eigenvalue weighted by Gasteiger charge is 2.12. The summed E-state index contributed by atoms with van der Waals surface area (Å²) in [6.45, 7) is 3.33. The number of nitrogen functional groups attached to an aromatic ring is 1. The molecule has 0 amide bonds. The van der Waals surface area contributed by atoms with Crippen LogP contribution in [0.4, 0.5) is 5.95 Å². The molecule has 1 heterocycles. The maximum atomic E-state index is 11.7. The van der Waals surface area contributed by atoms with E-state index in [-0.39, 0.29) is 16.6 Å². The fourth-order valence-electron chi connectivity index (χ4n) is 1.61. The topological polar surface area (TPSA) is 98.8 Å². The lowest BCUT2D eigenvalue weighted by atomic mass is 10.2. The van der Waals surface area contributed by atoms with Crippen LogP contribution in [-0.4, -0.2) is 29.1 Å². The first-order chi connectivity index (χ1) is 8.92. The number of nitrogens with two attached hydrogens (primary N) is 1. The molecule has 2 aromatic rings. The maximum Gasteiger partial charge on any atom is 0.223 e. The zero-order valence-corrected chi connectivity index (χ0v) is 11.5. The van der Waals surface area contributed by atoms with E-state index in [4.69, 9.17) is 5.73 Å². The summed E-state index contributed by atoms with van der Waals surface area (Å²) in [4.78, 5) is 12.4. The van der Waals surface area contributed by atoms with Gasteiger partial charge < -0.3 is 5.73 Å². The van der Waals surface area contributed by atoms with Gasteiger partial charge in [-0.25, -0.2) is 13.4 Å². The number of sulfone groups is 1. The van der Waals surface area contributed by atoms with Crippen LogP contribution in [0.15, 0.2) is 29.2 Å². The van der Waals surface area contributed by atoms with Gasteiger partial charge in [-0.3, -0.25) is 0 Å². The van der Waals surface area contributed by atoms with Gasteiger partial charge in [0.25, 0.3) is 0 Å². The molecule has 0 unspecified atom stereocenters. The number of nitrogens with zero attached hydrogens (tertiary/aromatic N) is 3. The number of benzene rings is 1. The molecule has 0 bridgehead atoms. The largest absolute Gasteiger partial charge is 0.368 e. The SMILES string of the molecule is CCS(=O)(=O)c1ccc(-c2nc(C)nc(N)n2)cc1. The Morgan fingerprint density at radius 1 is 1.11 bits per heavy atom. The van der Waals surface area contributed by atoms with E-state index >= 15 is 0 Å². The summed E-state index contributed by atoms with van der Waals surface area (Å²) >= 11 is 0. The molecule has 1 aromatic heterocycles. The Labute approximate surface area is 111 Å². The Balaban J connectivity index is 2.43.